The largest absolute Gasteiger partial charge is 0.493 e. The van der Waals surface area contributed by atoms with E-state index in [0.717, 1.165) is 39.0 Å². The molecule has 7 heteroatoms. The Hall–Kier alpha value is -3.35. The molecule has 1 N–H and O–H groups in total. The van der Waals surface area contributed by atoms with Gasteiger partial charge in [0.25, 0.3) is 5.91 Å². The van der Waals surface area contributed by atoms with Crippen LogP contribution in [0.1, 0.15) is 17.3 Å². The Morgan fingerprint density at radius 2 is 1.97 bits per heavy atom. The van der Waals surface area contributed by atoms with Crippen molar-refractivity contribution in [3.63, 3.8) is 0 Å². The number of H-pyrrole nitrogens is 1. The van der Waals surface area contributed by atoms with E-state index in [-0.39, 0.29) is 5.91 Å². The van der Waals surface area contributed by atoms with E-state index >= 15 is 0 Å². The highest BCUT2D eigenvalue weighted by Gasteiger charge is 2.19. The summed E-state index contributed by atoms with van der Waals surface area (Å²) >= 11 is 6.20. The lowest BCUT2D eigenvalue weighted by Gasteiger charge is -2.27. The molecule has 1 saturated heterocycles. The summed E-state index contributed by atoms with van der Waals surface area (Å²) in [5, 5.41) is 1.60. The average molecular weight is 462 g/mol. The number of morpholine rings is 1. The van der Waals surface area contributed by atoms with Gasteiger partial charge in [-0.25, -0.2) is 4.98 Å². The molecule has 2 aromatic heterocycles. The number of rotatable bonds is 5. The zero-order valence-electron chi connectivity index (χ0n) is 18.3. The van der Waals surface area contributed by atoms with Crippen LogP contribution in [0.4, 0.5) is 0 Å². The molecule has 0 aliphatic carbocycles. The number of nitrogens with one attached hydrogen (secondary N) is 1. The molecule has 168 valence electrons. The second kappa shape index (κ2) is 9.25. The van der Waals surface area contributed by atoms with E-state index in [2.05, 4.69) is 16.0 Å². The van der Waals surface area contributed by atoms with E-state index in [1.165, 1.54) is 0 Å². The highest BCUT2D eigenvalue weighted by Crippen LogP contribution is 2.37. The van der Waals surface area contributed by atoms with Gasteiger partial charge >= 0.3 is 0 Å². The van der Waals surface area contributed by atoms with Gasteiger partial charge in [0.1, 0.15) is 11.4 Å². The number of ether oxygens (including phenoxy) is 2. The summed E-state index contributed by atoms with van der Waals surface area (Å²) in [5.74, 6) is 0.758. The number of hydrogen-bond donors (Lipinski definition) is 1. The van der Waals surface area contributed by atoms with Gasteiger partial charge in [-0.15, -0.1) is 0 Å². The van der Waals surface area contributed by atoms with Crippen molar-refractivity contribution in [2.24, 2.45) is 0 Å². The minimum atomic E-state index is 0.0269. The normalized spacial score (nSPS) is 13.9. The van der Waals surface area contributed by atoms with E-state index in [4.69, 9.17) is 21.1 Å². The van der Waals surface area contributed by atoms with Crippen molar-refractivity contribution in [1.82, 2.24) is 14.9 Å². The Labute approximate surface area is 197 Å². The number of aromatic amines is 1. The van der Waals surface area contributed by atoms with Crippen molar-refractivity contribution in [3.8, 4) is 28.0 Å². The van der Waals surface area contributed by atoms with Crippen LogP contribution in [0.25, 0.3) is 33.3 Å². The fraction of sp³-hybridized carbons (Fsp3) is 0.231. The molecule has 0 spiro atoms. The lowest BCUT2D eigenvalue weighted by Crippen LogP contribution is -2.40. The molecule has 4 aromatic rings. The summed E-state index contributed by atoms with van der Waals surface area (Å²) in [6.07, 6.45) is 3.76. The Kier molecular flexibility index (Phi) is 6.03. The van der Waals surface area contributed by atoms with Crippen LogP contribution < -0.4 is 4.74 Å². The van der Waals surface area contributed by atoms with Crippen LogP contribution in [-0.4, -0.2) is 53.7 Å². The van der Waals surface area contributed by atoms with E-state index in [9.17, 15) is 4.79 Å². The summed E-state index contributed by atoms with van der Waals surface area (Å²) in [6, 6.07) is 15.4. The molecule has 0 unspecified atom stereocenters. The molecule has 5 rings (SSSR count). The van der Waals surface area contributed by atoms with Gasteiger partial charge in [0.2, 0.25) is 0 Å². The van der Waals surface area contributed by atoms with Crippen molar-refractivity contribution in [2.75, 3.05) is 32.9 Å². The molecular weight excluding hydrogens is 438 g/mol. The first-order chi connectivity index (χ1) is 16.1. The molecule has 33 heavy (non-hydrogen) atoms. The van der Waals surface area contributed by atoms with Crippen molar-refractivity contribution in [2.45, 2.75) is 6.92 Å². The van der Waals surface area contributed by atoms with Crippen LogP contribution >= 0.6 is 11.6 Å². The third-order valence-electron chi connectivity index (χ3n) is 5.81. The van der Waals surface area contributed by atoms with Gasteiger partial charge in [0.05, 0.1) is 19.8 Å². The lowest BCUT2D eigenvalue weighted by atomic mass is 10.00. The molecular formula is C26H24ClN3O3. The molecule has 1 amide bonds. The standard InChI is InChI=1S/C26H24ClN3O3/c1-2-33-24-14-20(27)6-7-21(24)23-16-29-25-22(23)13-19(15-28-25)17-4-3-5-18(12-17)26(31)30-8-10-32-11-9-30/h3-7,12-16H,2,8-11H2,1H3,(H,28,29). The Balaban J connectivity index is 1.53. The predicted molar refractivity (Wildman–Crippen MR) is 130 cm³/mol. The maximum Gasteiger partial charge on any atom is 0.254 e. The van der Waals surface area contributed by atoms with Gasteiger partial charge < -0.3 is 19.4 Å². The topological polar surface area (TPSA) is 67.5 Å². The van der Waals surface area contributed by atoms with Crippen LogP contribution in [0.5, 0.6) is 5.75 Å². The summed E-state index contributed by atoms with van der Waals surface area (Å²) < 4.78 is 11.2. The third kappa shape index (κ3) is 4.32. The second-order valence-corrected chi connectivity index (χ2v) is 8.32. The second-order valence-electron chi connectivity index (χ2n) is 7.88. The lowest BCUT2D eigenvalue weighted by molar-refractivity contribution is 0.0303. The number of halogens is 1. The van der Waals surface area contributed by atoms with E-state index in [0.29, 0.717) is 43.5 Å². The van der Waals surface area contributed by atoms with Gasteiger partial charge in [-0.2, -0.15) is 0 Å². The highest BCUT2D eigenvalue weighted by molar-refractivity contribution is 6.30. The molecule has 0 bridgehead atoms. The smallest absolute Gasteiger partial charge is 0.254 e. The minimum absolute atomic E-state index is 0.0269. The van der Waals surface area contributed by atoms with Gasteiger partial charge in [-0.05, 0) is 48.9 Å². The average Bonchev–Trinajstić information content (AvgIpc) is 3.28. The van der Waals surface area contributed by atoms with Crippen LogP contribution in [0.2, 0.25) is 5.02 Å². The maximum absolute atomic E-state index is 12.9. The molecule has 1 fully saturated rings. The van der Waals surface area contributed by atoms with Gasteiger partial charge in [0.15, 0.2) is 0 Å². The molecule has 1 aliphatic heterocycles. The minimum Gasteiger partial charge on any atom is -0.493 e. The molecule has 0 saturated carbocycles. The van der Waals surface area contributed by atoms with Crippen molar-refractivity contribution in [1.29, 1.82) is 0 Å². The molecule has 1 aliphatic rings. The zero-order valence-corrected chi connectivity index (χ0v) is 19.1. The maximum atomic E-state index is 12.9. The highest BCUT2D eigenvalue weighted by atomic mass is 35.5. The first-order valence-electron chi connectivity index (χ1n) is 11.0. The summed E-state index contributed by atoms with van der Waals surface area (Å²) in [6.45, 7) is 4.89. The fourth-order valence-electron chi connectivity index (χ4n) is 4.16. The van der Waals surface area contributed by atoms with E-state index in [1.54, 1.807) is 0 Å². The number of hydrogen-bond acceptors (Lipinski definition) is 4. The van der Waals surface area contributed by atoms with Crippen LogP contribution in [0, 0.1) is 0 Å². The number of nitrogens with zero attached hydrogens (tertiary/aromatic N) is 2. The number of benzene rings is 2. The number of fused-ring (bicyclic) bond motifs is 1. The molecule has 3 heterocycles. The monoisotopic (exact) mass is 461 g/mol. The Bertz CT molecular complexity index is 1310. The van der Waals surface area contributed by atoms with E-state index < -0.39 is 0 Å². The van der Waals surface area contributed by atoms with Gasteiger partial charge in [-0.1, -0.05) is 23.7 Å². The Morgan fingerprint density at radius 3 is 2.79 bits per heavy atom. The quantitative estimate of drug-likeness (QED) is 0.431. The van der Waals surface area contributed by atoms with Crippen molar-refractivity contribution >= 4 is 28.5 Å². The molecule has 6 nitrogen and oxygen atoms in total. The number of amides is 1. The number of carbonyl (C=O) groups is 1. The van der Waals surface area contributed by atoms with Crippen molar-refractivity contribution in [3.05, 3.63) is 71.5 Å². The predicted octanol–water partition coefficient (Wildman–Crippen LogP) is 5.42. The number of pyridine rings is 1. The summed E-state index contributed by atoms with van der Waals surface area (Å²) in [4.78, 5) is 22.7. The van der Waals surface area contributed by atoms with Crippen molar-refractivity contribution < 1.29 is 14.3 Å². The number of carbonyl (C=O) groups excluding carboxylic acids is 1. The fourth-order valence-corrected chi connectivity index (χ4v) is 4.32. The summed E-state index contributed by atoms with van der Waals surface area (Å²) in [5.41, 5.74) is 5.26. The molecule has 0 radical (unpaired) electrons. The SMILES string of the molecule is CCOc1cc(Cl)ccc1-c1c[nH]c2ncc(-c3cccc(C(=O)N4CCOCC4)c3)cc12. The molecule has 2 aromatic carbocycles. The third-order valence-corrected chi connectivity index (χ3v) is 6.04. The Morgan fingerprint density at radius 1 is 1.12 bits per heavy atom. The molecule has 0 atom stereocenters. The van der Waals surface area contributed by atoms with Gasteiger partial charge in [-0.3, -0.25) is 4.79 Å². The first kappa shape index (κ1) is 21.5. The summed E-state index contributed by atoms with van der Waals surface area (Å²) in [7, 11) is 0. The van der Waals surface area contributed by atoms with Crippen LogP contribution in [-0.2, 0) is 4.74 Å². The van der Waals surface area contributed by atoms with E-state index in [1.807, 2.05) is 66.7 Å². The van der Waals surface area contributed by atoms with Gasteiger partial charge in [0, 0.05) is 58.1 Å². The zero-order chi connectivity index (χ0) is 22.8. The van der Waals surface area contributed by atoms with Crippen LogP contribution in [0.3, 0.4) is 0 Å². The number of aromatic nitrogens is 2. The first-order valence-corrected chi connectivity index (χ1v) is 11.4. The van der Waals surface area contributed by atoms with Crippen LogP contribution in [0.15, 0.2) is 60.9 Å².